The number of aromatic hydroxyl groups is 1. The fraction of sp³-hybridized carbons (Fsp3) is 0.262. The van der Waals surface area contributed by atoms with Gasteiger partial charge < -0.3 is 73.1 Å². The maximum Gasteiger partial charge on any atom is 0.270 e. The first-order chi connectivity index (χ1) is 46.4. The number of pyridine rings is 8. The number of halogens is 3. The standard InChI is InChI=1S/C25H24N8O3.C15H12ClN5O.C10H13N3O2.C8H8N2O.C7H5ClIN3/c1-4-16-11-21(26-2)28-14-19(16)36-22-12-18(23-24(31-22)32(3)15-29-23)30-20-6-5-17(13-27-20)25(34)33-7-9-35-10-8-33;1-4-9-5-12(17-2)18-7-11(9)22-13-6-10(16)14-15(20-13)21(3)8-19-14;11-9-2-1-8(7-12-9)10(14)13-3-5-15-6-4-13;1-3-6-4-8(9-2)10-5-7(6)11;1-12-3-10-6-4(8)2-5(9)11-7(6)12/h5-6,11-15H,4,7-10H2,1,3H3,(H,27,30,31);5-8H,4H2,1,3H3;1-2,7H,3-6H2,(H2,11,12);4-5,11H,3H2,1H3;2-3H,1H3. The molecule has 13 heterocycles. The van der Waals surface area contributed by atoms with Crippen LogP contribution < -0.4 is 20.5 Å². The molecule has 96 heavy (non-hydrogen) atoms. The van der Waals surface area contributed by atoms with Crippen molar-refractivity contribution >= 4 is 126 Å². The van der Waals surface area contributed by atoms with Crippen molar-refractivity contribution in [3.63, 3.8) is 0 Å². The molecule has 490 valence electrons. The SMILES string of the molecule is Cn1cnc2c(Cl)cc(I)nc21.Nc1ccc(C(=O)N2CCOCC2)cn1.[C-]#[N+]c1cc(CC)c(O)cn1.[C-]#[N+]c1cc(CC)c(Oc2cc(Cl)c3ncn(C)c3n2)cn1.[C-]#[N+]c1cc(CC)c(Oc2cc(Nc3ccc(C(=O)N4CCOCC4)cn3)c3ncn(C)c3n2)cn1. The molecule has 0 unspecified atom stereocenters. The number of nitrogens with one attached hydrogen (secondary N) is 1. The summed E-state index contributed by atoms with van der Waals surface area (Å²) in [5, 5.41) is 13.6. The van der Waals surface area contributed by atoms with Crippen LogP contribution in [0.15, 0.2) is 111 Å². The van der Waals surface area contributed by atoms with Gasteiger partial charge in [-0.2, -0.15) is 9.97 Å². The van der Waals surface area contributed by atoms with Gasteiger partial charge in [0.05, 0.1) is 72.3 Å². The highest BCUT2D eigenvalue weighted by atomic mass is 127. The molecule has 11 aromatic rings. The van der Waals surface area contributed by atoms with Crippen LogP contribution in [0, 0.1) is 23.4 Å². The maximum atomic E-state index is 12.7. The number of aryl methyl sites for hydroxylation is 6. The number of aromatic nitrogens is 14. The Morgan fingerprint density at radius 2 is 1.01 bits per heavy atom. The molecule has 31 heteroatoms. The fourth-order valence-electron chi connectivity index (χ4n) is 9.35. The second-order valence-corrected chi connectivity index (χ2v) is 22.8. The van der Waals surface area contributed by atoms with Gasteiger partial charge in [0.1, 0.15) is 31.9 Å². The van der Waals surface area contributed by atoms with Gasteiger partial charge in [-0.05, 0) is 107 Å². The first-order valence-corrected chi connectivity index (χ1v) is 31.5. The second kappa shape index (κ2) is 32.9. The van der Waals surface area contributed by atoms with Gasteiger partial charge in [-0.25, -0.2) is 29.9 Å². The van der Waals surface area contributed by atoms with Gasteiger partial charge >= 0.3 is 0 Å². The minimum atomic E-state index is -0.0614. The predicted octanol–water partition coefficient (Wildman–Crippen LogP) is 12.1. The zero-order valence-electron chi connectivity index (χ0n) is 52.8. The third-order valence-electron chi connectivity index (χ3n) is 14.5. The molecule has 2 fully saturated rings. The number of nitrogen functional groups attached to an aromatic ring is 1. The Morgan fingerprint density at radius 3 is 1.48 bits per heavy atom. The first-order valence-electron chi connectivity index (χ1n) is 29.7. The van der Waals surface area contributed by atoms with E-state index < -0.39 is 0 Å². The molecule has 2 aliphatic heterocycles. The Balaban J connectivity index is 0.000000153. The van der Waals surface area contributed by atoms with E-state index in [9.17, 15) is 9.59 Å². The highest BCUT2D eigenvalue weighted by molar-refractivity contribution is 14.1. The van der Waals surface area contributed by atoms with E-state index in [1.165, 1.54) is 18.6 Å². The molecule has 0 aliphatic carbocycles. The smallest absolute Gasteiger partial charge is 0.270 e. The summed E-state index contributed by atoms with van der Waals surface area (Å²) in [5.41, 5.74) is 13.9. The van der Waals surface area contributed by atoms with Gasteiger partial charge in [-0.1, -0.05) is 63.7 Å². The van der Waals surface area contributed by atoms with Gasteiger partial charge in [0.2, 0.25) is 11.8 Å². The molecule has 0 atom stereocenters. The molecule has 2 amide bonds. The number of rotatable bonds is 11. The largest absolute Gasteiger partial charge is 0.504 e. The highest BCUT2D eigenvalue weighted by Gasteiger charge is 2.22. The normalized spacial score (nSPS) is 12.4. The van der Waals surface area contributed by atoms with Gasteiger partial charge in [0, 0.05) is 71.8 Å². The van der Waals surface area contributed by atoms with Crippen LogP contribution in [0.4, 0.5) is 34.8 Å². The molecule has 28 nitrogen and oxygen atoms in total. The van der Waals surface area contributed by atoms with Crippen LogP contribution in [0.25, 0.3) is 48.0 Å². The van der Waals surface area contributed by atoms with Crippen LogP contribution in [-0.2, 0) is 49.9 Å². The van der Waals surface area contributed by atoms with Gasteiger partial charge in [-0.15, -0.1) is 15.0 Å². The summed E-state index contributed by atoms with van der Waals surface area (Å²) in [6.45, 7) is 31.5. The van der Waals surface area contributed by atoms with Crippen LogP contribution in [-0.4, -0.2) is 148 Å². The molecule has 0 bridgehead atoms. The summed E-state index contributed by atoms with van der Waals surface area (Å²) in [6.07, 6.45) is 14.6. The zero-order chi connectivity index (χ0) is 68.4. The molecule has 11 aromatic heterocycles. The van der Waals surface area contributed by atoms with Crippen molar-refractivity contribution in [1.29, 1.82) is 0 Å². The minimum absolute atomic E-state index is 0.00852. The third-order valence-corrected chi connectivity index (χ3v) is 15.6. The van der Waals surface area contributed by atoms with E-state index in [-0.39, 0.29) is 17.6 Å². The number of imidazole rings is 3. The molecular weight excluding hydrogens is 1380 g/mol. The Labute approximate surface area is 574 Å². The van der Waals surface area contributed by atoms with Crippen LogP contribution in [0.5, 0.6) is 29.0 Å². The predicted molar refractivity (Wildman–Crippen MR) is 369 cm³/mol. The quantitative estimate of drug-likeness (QED) is 0.0615. The second-order valence-electron chi connectivity index (χ2n) is 20.9. The summed E-state index contributed by atoms with van der Waals surface area (Å²) >= 11 is 14.3. The Morgan fingerprint density at radius 1 is 0.573 bits per heavy atom. The summed E-state index contributed by atoms with van der Waals surface area (Å²) < 4.78 is 28.7. The highest BCUT2D eigenvalue weighted by Crippen LogP contribution is 2.34. The summed E-state index contributed by atoms with van der Waals surface area (Å²) in [4.78, 5) is 84.3. The topological polar surface area (TPSA) is 305 Å². The van der Waals surface area contributed by atoms with E-state index in [1.807, 2.05) is 46.5 Å². The molecule has 4 N–H and O–H groups in total. The lowest BCUT2D eigenvalue weighted by Gasteiger charge is -2.26. The van der Waals surface area contributed by atoms with Crippen molar-refractivity contribution in [1.82, 2.24) is 78.3 Å². The summed E-state index contributed by atoms with van der Waals surface area (Å²) in [6, 6.07) is 17.0. The third kappa shape index (κ3) is 17.5. The van der Waals surface area contributed by atoms with Crippen LogP contribution >= 0.6 is 45.8 Å². The average molecular weight is 1450 g/mol. The Bertz CT molecular complexity index is 4710. The molecule has 0 radical (unpaired) electrons. The van der Waals surface area contributed by atoms with Gasteiger partial charge in [0.25, 0.3) is 29.3 Å². The minimum Gasteiger partial charge on any atom is -0.504 e. The number of carbonyl (C=O) groups excluding carboxylic acids is 2. The number of anilines is 3. The van der Waals surface area contributed by atoms with Gasteiger partial charge in [0.15, 0.2) is 52.8 Å². The molecule has 2 aliphatic rings. The first kappa shape index (κ1) is 69.6. The molecule has 0 aromatic carbocycles. The van der Waals surface area contributed by atoms with Crippen molar-refractivity contribution in [2.24, 2.45) is 21.1 Å². The molecule has 0 saturated carbocycles. The van der Waals surface area contributed by atoms with Crippen molar-refractivity contribution in [3.8, 4) is 29.0 Å². The lowest BCUT2D eigenvalue weighted by Crippen LogP contribution is -2.40. The summed E-state index contributed by atoms with van der Waals surface area (Å²) in [5.74, 6) is 3.89. The van der Waals surface area contributed by atoms with Crippen molar-refractivity contribution in [3.05, 3.63) is 186 Å². The van der Waals surface area contributed by atoms with Crippen LogP contribution in [0.3, 0.4) is 0 Å². The number of carbonyl (C=O) groups is 2. The van der Waals surface area contributed by atoms with E-state index in [2.05, 4.69) is 97.3 Å². The van der Waals surface area contributed by atoms with E-state index in [0.29, 0.717) is 161 Å². The lowest BCUT2D eigenvalue weighted by atomic mass is 10.2. The molecule has 2 saturated heterocycles. The molecule has 0 spiro atoms. The molecule has 13 rings (SSSR count). The number of hydrogen-bond acceptors (Lipinski definition) is 20. The Kier molecular flexibility index (Phi) is 23.8. The fourth-order valence-corrected chi connectivity index (χ4v) is 10.5. The van der Waals surface area contributed by atoms with Crippen molar-refractivity contribution < 1.29 is 33.6 Å². The monoisotopic (exact) mass is 1450 g/mol. The summed E-state index contributed by atoms with van der Waals surface area (Å²) in [7, 11) is 5.59. The van der Waals surface area contributed by atoms with E-state index in [4.69, 9.17) is 72.7 Å². The lowest BCUT2D eigenvalue weighted by molar-refractivity contribution is 0.0301. The van der Waals surface area contributed by atoms with Crippen molar-refractivity contribution in [2.45, 2.75) is 40.0 Å². The number of amides is 2. The van der Waals surface area contributed by atoms with Gasteiger partial charge in [-0.3, -0.25) is 9.59 Å². The number of nitrogens with two attached hydrogens (primary N) is 1. The van der Waals surface area contributed by atoms with E-state index in [1.54, 1.807) is 111 Å². The number of morpholine rings is 2. The number of ether oxygens (including phenoxy) is 4. The molecular formula is C65H62Cl2IN21O7. The number of fused-ring (bicyclic) bond motifs is 3. The number of hydrogen-bond donors (Lipinski definition) is 3. The maximum absolute atomic E-state index is 12.7. The average Bonchev–Trinajstić information content (AvgIpc) is 1.64. The van der Waals surface area contributed by atoms with Crippen LogP contribution in [0.1, 0.15) is 58.2 Å². The van der Waals surface area contributed by atoms with E-state index in [0.717, 1.165) is 44.4 Å². The van der Waals surface area contributed by atoms with E-state index >= 15 is 0 Å². The van der Waals surface area contributed by atoms with Crippen molar-refractivity contribution in [2.75, 3.05) is 63.7 Å². The van der Waals surface area contributed by atoms with Crippen LogP contribution in [0.2, 0.25) is 10.0 Å². The zero-order valence-corrected chi connectivity index (χ0v) is 56.4. The Hall–Kier alpha value is -10.8. The number of nitrogens with zero attached hydrogens (tertiary/aromatic N) is 19.